The molecule has 0 spiro atoms. The van der Waals surface area contributed by atoms with Gasteiger partial charge in [0.25, 0.3) is 0 Å². The fourth-order valence-corrected chi connectivity index (χ4v) is 5.11. The van der Waals surface area contributed by atoms with Crippen LogP contribution in [-0.2, 0) is 28.7 Å². The van der Waals surface area contributed by atoms with Crippen molar-refractivity contribution in [3.8, 4) is 0 Å². The minimum Gasteiger partial charge on any atom is -0.453 e. The van der Waals surface area contributed by atoms with Crippen molar-refractivity contribution in [2.75, 3.05) is 51.0 Å². The summed E-state index contributed by atoms with van der Waals surface area (Å²) < 4.78 is 9.14. The first kappa shape index (κ1) is 38.9. The van der Waals surface area contributed by atoms with Gasteiger partial charge in [-0.15, -0.1) is 0 Å². The molecule has 0 unspecified atom stereocenters. The SMILES string of the molecule is CCCCN(CC(=O)Nc1ccc(/N=N/c2ccc(NC(=O)[C@@H]3CCCN3C(=O)CNC(=O)OC)cc2)cc1)C(=O)[C@@H](NC(=O)OC)C(C)C. The Morgan fingerprint density at radius 3 is 2.00 bits per heavy atom. The van der Waals surface area contributed by atoms with Crippen LogP contribution in [0.1, 0.15) is 46.5 Å². The van der Waals surface area contributed by atoms with Crippen LogP contribution in [0.15, 0.2) is 58.8 Å². The van der Waals surface area contributed by atoms with Gasteiger partial charge in [-0.1, -0.05) is 27.2 Å². The maximum atomic E-state index is 13.3. The second kappa shape index (κ2) is 19.5. The Labute approximate surface area is 291 Å². The summed E-state index contributed by atoms with van der Waals surface area (Å²) >= 11 is 0. The van der Waals surface area contributed by atoms with Crippen LogP contribution in [0.25, 0.3) is 0 Å². The number of likely N-dealkylation sites (tertiary alicyclic amines) is 1. The number of methoxy groups -OCH3 is 2. The molecule has 0 bridgehead atoms. The lowest BCUT2D eigenvalue weighted by Gasteiger charge is -2.29. The normalized spacial score (nSPS) is 14.5. The van der Waals surface area contributed by atoms with Gasteiger partial charge in [0.2, 0.25) is 23.6 Å². The predicted octanol–water partition coefficient (Wildman–Crippen LogP) is 4.34. The fraction of sp³-hybridized carbons (Fsp3) is 0.471. The summed E-state index contributed by atoms with van der Waals surface area (Å²) in [5.41, 5.74) is 2.09. The smallest absolute Gasteiger partial charge is 0.407 e. The van der Waals surface area contributed by atoms with Crippen molar-refractivity contribution in [1.29, 1.82) is 0 Å². The molecule has 3 rings (SSSR count). The monoisotopic (exact) mass is 694 g/mol. The number of rotatable bonds is 15. The summed E-state index contributed by atoms with van der Waals surface area (Å²) in [5.74, 6) is -1.67. The average Bonchev–Trinajstić information content (AvgIpc) is 3.61. The minimum absolute atomic E-state index is 0.186. The molecule has 2 aromatic carbocycles. The lowest BCUT2D eigenvalue weighted by Crippen LogP contribution is -2.53. The highest BCUT2D eigenvalue weighted by Gasteiger charge is 2.34. The first-order valence-corrected chi connectivity index (χ1v) is 16.4. The summed E-state index contributed by atoms with van der Waals surface area (Å²) in [7, 11) is 2.43. The number of benzene rings is 2. The van der Waals surface area contributed by atoms with Gasteiger partial charge < -0.3 is 40.5 Å². The van der Waals surface area contributed by atoms with Gasteiger partial charge in [0.05, 0.1) is 32.1 Å². The molecule has 1 fully saturated rings. The maximum Gasteiger partial charge on any atom is 0.407 e. The standard InChI is InChI=1S/C34H46N8O8/c1-6-7-18-41(32(46)30(22(2)3)38-34(48)50-5)21-28(43)36-23-10-14-25(15-11-23)39-40-26-16-12-24(13-17-26)37-31(45)27-9-8-19-42(27)29(44)20-35-33(47)49-4/h10-17,22,27,30H,6-9,18-21H2,1-5H3,(H,35,47)(H,36,43)(H,37,45)(H,38,48)/b40-39+/t27-,30-/m0/s1. The van der Waals surface area contributed by atoms with Crippen molar-refractivity contribution in [2.45, 2.75) is 58.5 Å². The van der Waals surface area contributed by atoms with Crippen LogP contribution in [0.4, 0.5) is 32.3 Å². The number of nitrogens with one attached hydrogen (secondary N) is 4. The van der Waals surface area contributed by atoms with E-state index in [-0.39, 0.29) is 42.6 Å². The number of anilines is 2. The molecular weight excluding hydrogens is 648 g/mol. The molecule has 16 nitrogen and oxygen atoms in total. The maximum absolute atomic E-state index is 13.3. The summed E-state index contributed by atoms with van der Waals surface area (Å²) in [4.78, 5) is 77.6. The number of amides is 6. The molecule has 0 aliphatic carbocycles. The Morgan fingerprint density at radius 1 is 0.880 bits per heavy atom. The Bertz CT molecular complexity index is 1510. The molecule has 6 amide bonds. The van der Waals surface area contributed by atoms with Gasteiger partial charge in [0.1, 0.15) is 18.6 Å². The largest absolute Gasteiger partial charge is 0.453 e. The van der Waals surface area contributed by atoms with Crippen LogP contribution in [-0.4, -0.2) is 98.1 Å². The van der Waals surface area contributed by atoms with Crippen molar-refractivity contribution >= 4 is 58.6 Å². The lowest BCUT2D eigenvalue weighted by atomic mass is 10.0. The van der Waals surface area contributed by atoms with Crippen molar-refractivity contribution in [1.82, 2.24) is 20.4 Å². The van der Waals surface area contributed by atoms with E-state index < -0.39 is 24.3 Å². The fourth-order valence-electron chi connectivity index (χ4n) is 5.11. The van der Waals surface area contributed by atoms with Crippen LogP contribution in [0.5, 0.6) is 0 Å². The second-order valence-electron chi connectivity index (χ2n) is 11.9. The Hall–Kier alpha value is -5.54. The van der Waals surface area contributed by atoms with Crippen molar-refractivity contribution in [3.63, 3.8) is 0 Å². The molecule has 2 atom stereocenters. The zero-order valence-corrected chi connectivity index (χ0v) is 29.1. The third kappa shape index (κ3) is 11.9. The molecule has 1 heterocycles. The van der Waals surface area contributed by atoms with Crippen LogP contribution in [0.3, 0.4) is 0 Å². The molecule has 2 aromatic rings. The molecule has 0 radical (unpaired) electrons. The molecule has 1 aliphatic heterocycles. The van der Waals surface area contributed by atoms with E-state index in [1.807, 2.05) is 6.92 Å². The Morgan fingerprint density at radius 2 is 1.46 bits per heavy atom. The van der Waals surface area contributed by atoms with Gasteiger partial charge in [-0.2, -0.15) is 10.2 Å². The van der Waals surface area contributed by atoms with Crippen molar-refractivity contribution in [2.24, 2.45) is 16.1 Å². The van der Waals surface area contributed by atoms with E-state index >= 15 is 0 Å². The molecular formula is C34H46N8O8. The van der Waals surface area contributed by atoms with Gasteiger partial charge in [-0.3, -0.25) is 19.2 Å². The minimum atomic E-state index is -0.837. The van der Waals surface area contributed by atoms with E-state index in [0.29, 0.717) is 55.1 Å². The highest BCUT2D eigenvalue weighted by atomic mass is 16.5. The van der Waals surface area contributed by atoms with Crippen LogP contribution in [0, 0.1) is 5.92 Å². The van der Waals surface area contributed by atoms with Gasteiger partial charge in [0.15, 0.2) is 0 Å². The summed E-state index contributed by atoms with van der Waals surface area (Å²) in [5, 5.41) is 19.0. The van der Waals surface area contributed by atoms with Crippen LogP contribution < -0.4 is 21.3 Å². The van der Waals surface area contributed by atoms with Gasteiger partial charge in [-0.25, -0.2) is 9.59 Å². The van der Waals surface area contributed by atoms with Gasteiger partial charge in [-0.05, 0) is 73.7 Å². The zero-order valence-electron chi connectivity index (χ0n) is 29.1. The molecule has 0 aromatic heterocycles. The molecule has 0 saturated carbocycles. The number of unbranched alkanes of at least 4 members (excludes halogenated alkanes) is 1. The number of hydrogen-bond donors (Lipinski definition) is 4. The van der Waals surface area contributed by atoms with Gasteiger partial charge >= 0.3 is 12.2 Å². The summed E-state index contributed by atoms with van der Waals surface area (Å²) in [6.45, 7) is 5.92. The molecule has 16 heteroatoms. The number of carbonyl (C=O) groups excluding carboxylic acids is 6. The van der Waals surface area contributed by atoms with E-state index in [1.54, 1.807) is 62.4 Å². The molecule has 50 heavy (non-hydrogen) atoms. The third-order valence-electron chi connectivity index (χ3n) is 7.83. The molecule has 1 saturated heterocycles. The average molecular weight is 695 g/mol. The summed E-state index contributed by atoms with van der Waals surface area (Å²) in [6.07, 6.45) is 1.26. The first-order chi connectivity index (χ1) is 23.9. The van der Waals surface area contributed by atoms with Gasteiger partial charge in [0, 0.05) is 24.5 Å². The quantitative estimate of drug-likeness (QED) is 0.197. The highest BCUT2D eigenvalue weighted by Crippen LogP contribution is 2.23. The summed E-state index contributed by atoms with van der Waals surface area (Å²) in [6, 6.07) is 11.9. The number of hydrogen-bond acceptors (Lipinski definition) is 10. The Kier molecular flexibility index (Phi) is 15.1. The number of alkyl carbamates (subject to hydrolysis) is 2. The third-order valence-corrected chi connectivity index (χ3v) is 7.83. The zero-order chi connectivity index (χ0) is 36.6. The highest BCUT2D eigenvalue weighted by molar-refractivity contribution is 5.98. The van der Waals surface area contributed by atoms with E-state index in [2.05, 4.69) is 41.0 Å². The number of carbonyl (C=O) groups is 6. The Balaban J connectivity index is 1.54. The van der Waals surface area contributed by atoms with Crippen molar-refractivity contribution in [3.05, 3.63) is 48.5 Å². The van der Waals surface area contributed by atoms with E-state index in [9.17, 15) is 28.8 Å². The van der Waals surface area contributed by atoms with E-state index in [4.69, 9.17) is 0 Å². The second-order valence-corrected chi connectivity index (χ2v) is 11.9. The number of nitrogens with zero attached hydrogens (tertiary/aromatic N) is 4. The number of azo groups is 1. The number of ether oxygens (including phenoxy) is 2. The predicted molar refractivity (Wildman–Crippen MR) is 185 cm³/mol. The van der Waals surface area contributed by atoms with Crippen LogP contribution in [0.2, 0.25) is 0 Å². The molecule has 270 valence electrons. The van der Waals surface area contributed by atoms with Crippen molar-refractivity contribution < 1.29 is 38.2 Å². The van der Waals surface area contributed by atoms with E-state index in [1.165, 1.54) is 24.0 Å². The van der Waals surface area contributed by atoms with E-state index in [0.717, 1.165) is 6.42 Å². The lowest BCUT2D eigenvalue weighted by molar-refractivity contribution is -0.137. The molecule has 4 N–H and O–H groups in total. The molecule has 1 aliphatic rings. The topological polar surface area (TPSA) is 200 Å². The van der Waals surface area contributed by atoms with Crippen LogP contribution >= 0.6 is 0 Å². The first-order valence-electron chi connectivity index (χ1n) is 16.4.